The lowest BCUT2D eigenvalue weighted by molar-refractivity contribution is 0.132. The SMILES string of the molecule is CC(CC(C)(C)C)C1CCCN1C(C)C. The highest BCUT2D eigenvalue weighted by atomic mass is 15.2. The van der Waals surface area contributed by atoms with Gasteiger partial charge >= 0.3 is 0 Å². The Morgan fingerprint density at radius 1 is 1.20 bits per heavy atom. The van der Waals surface area contributed by atoms with Gasteiger partial charge in [-0.05, 0) is 51.0 Å². The van der Waals surface area contributed by atoms with E-state index in [1.807, 2.05) is 0 Å². The third-order valence-electron chi connectivity index (χ3n) is 3.60. The van der Waals surface area contributed by atoms with Crippen molar-refractivity contribution in [2.75, 3.05) is 6.54 Å². The Morgan fingerprint density at radius 3 is 2.27 bits per heavy atom. The van der Waals surface area contributed by atoms with Crippen molar-refractivity contribution in [2.45, 2.75) is 72.9 Å². The average molecular weight is 211 g/mol. The van der Waals surface area contributed by atoms with E-state index in [9.17, 15) is 0 Å². The van der Waals surface area contributed by atoms with Crippen LogP contribution in [0.1, 0.15) is 60.8 Å². The Morgan fingerprint density at radius 2 is 1.80 bits per heavy atom. The van der Waals surface area contributed by atoms with Crippen molar-refractivity contribution in [1.82, 2.24) is 4.90 Å². The first-order chi connectivity index (χ1) is 6.81. The van der Waals surface area contributed by atoms with Gasteiger partial charge < -0.3 is 0 Å². The van der Waals surface area contributed by atoms with E-state index in [2.05, 4.69) is 46.4 Å². The average Bonchev–Trinajstić information content (AvgIpc) is 2.47. The number of likely N-dealkylation sites (tertiary alicyclic amines) is 1. The van der Waals surface area contributed by atoms with Crippen LogP contribution in [0.15, 0.2) is 0 Å². The summed E-state index contributed by atoms with van der Waals surface area (Å²) in [6, 6.07) is 1.56. The van der Waals surface area contributed by atoms with Gasteiger partial charge in [-0.1, -0.05) is 27.7 Å². The van der Waals surface area contributed by atoms with Gasteiger partial charge in [-0.3, -0.25) is 4.90 Å². The Bertz CT molecular complexity index is 190. The normalized spacial score (nSPS) is 26.2. The molecule has 0 aromatic carbocycles. The minimum Gasteiger partial charge on any atom is -0.298 e. The smallest absolute Gasteiger partial charge is 0.0124 e. The van der Waals surface area contributed by atoms with Crippen molar-refractivity contribution in [3.05, 3.63) is 0 Å². The van der Waals surface area contributed by atoms with E-state index in [1.54, 1.807) is 0 Å². The summed E-state index contributed by atoms with van der Waals surface area (Å²) in [5.74, 6) is 0.842. The molecule has 0 N–H and O–H groups in total. The van der Waals surface area contributed by atoms with E-state index in [1.165, 1.54) is 25.8 Å². The molecule has 1 aliphatic heterocycles. The van der Waals surface area contributed by atoms with Crippen LogP contribution in [0.25, 0.3) is 0 Å². The molecule has 1 heterocycles. The van der Waals surface area contributed by atoms with Crippen LogP contribution in [0, 0.1) is 11.3 Å². The monoisotopic (exact) mass is 211 g/mol. The zero-order valence-electron chi connectivity index (χ0n) is 11.5. The maximum Gasteiger partial charge on any atom is 0.0124 e. The van der Waals surface area contributed by atoms with Gasteiger partial charge in [0.1, 0.15) is 0 Å². The van der Waals surface area contributed by atoms with Crippen molar-refractivity contribution in [2.24, 2.45) is 11.3 Å². The number of hydrogen-bond acceptors (Lipinski definition) is 1. The molecule has 0 aromatic rings. The standard InChI is InChI=1S/C14H29N/c1-11(2)15-9-7-8-13(15)12(3)10-14(4,5)6/h11-13H,7-10H2,1-6H3. The van der Waals surface area contributed by atoms with E-state index >= 15 is 0 Å². The molecule has 0 spiro atoms. The van der Waals surface area contributed by atoms with E-state index in [0.717, 1.165) is 18.0 Å². The molecule has 0 aromatic heterocycles. The van der Waals surface area contributed by atoms with Crippen LogP contribution in [0.2, 0.25) is 0 Å². The molecular weight excluding hydrogens is 182 g/mol. The number of hydrogen-bond donors (Lipinski definition) is 0. The van der Waals surface area contributed by atoms with Crippen molar-refractivity contribution in [1.29, 1.82) is 0 Å². The van der Waals surface area contributed by atoms with Crippen LogP contribution < -0.4 is 0 Å². The molecule has 2 unspecified atom stereocenters. The second kappa shape index (κ2) is 4.86. The predicted octanol–water partition coefficient (Wildman–Crippen LogP) is 3.93. The molecule has 90 valence electrons. The second-order valence-corrected chi connectivity index (χ2v) is 6.78. The lowest BCUT2D eigenvalue weighted by Gasteiger charge is -2.35. The quantitative estimate of drug-likeness (QED) is 0.683. The molecule has 0 saturated carbocycles. The maximum atomic E-state index is 2.70. The Labute approximate surface area is 96.2 Å². The van der Waals surface area contributed by atoms with E-state index in [0.29, 0.717) is 5.41 Å². The molecule has 1 saturated heterocycles. The summed E-state index contributed by atoms with van der Waals surface area (Å²) in [5.41, 5.74) is 0.477. The van der Waals surface area contributed by atoms with Gasteiger partial charge in [0, 0.05) is 12.1 Å². The molecule has 2 atom stereocenters. The summed E-state index contributed by atoms with van der Waals surface area (Å²) in [6.07, 6.45) is 4.16. The van der Waals surface area contributed by atoms with E-state index in [4.69, 9.17) is 0 Å². The predicted molar refractivity (Wildman–Crippen MR) is 68.1 cm³/mol. The lowest BCUT2D eigenvalue weighted by Crippen LogP contribution is -2.40. The molecule has 1 aliphatic rings. The van der Waals surface area contributed by atoms with E-state index < -0.39 is 0 Å². The minimum atomic E-state index is 0.477. The highest BCUT2D eigenvalue weighted by Crippen LogP contribution is 2.33. The van der Waals surface area contributed by atoms with Gasteiger partial charge in [0.25, 0.3) is 0 Å². The van der Waals surface area contributed by atoms with Crippen molar-refractivity contribution >= 4 is 0 Å². The van der Waals surface area contributed by atoms with Crippen LogP contribution in [-0.2, 0) is 0 Å². The largest absolute Gasteiger partial charge is 0.298 e. The van der Waals surface area contributed by atoms with Gasteiger partial charge in [-0.15, -0.1) is 0 Å². The molecule has 1 nitrogen and oxygen atoms in total. The Hall–Kier alpha value is -0.0400. The van der Waals surface area contributed by atoms with Crippen LogP contribution in [0.3, 0.4) is 0 Å². The zero-order valence-corrected chi connectivity index (χ0v) is 11.5. The fourth-order valence-corrected chi connectivity index (χ4v) is 3.17. The summed E-state index contributed by atoms with van der Waals surface area (Å²) < 4.78 is 0. The first-order valence-corrected chi connectivity index (χ1v) is 6.57. The third kappa shape index (κ3) is 3.79. The summed E-state index contributed by atoms with van der Waals surface area (Å²) in [5, 5.41) is 0. The molecule has 0 bridgehead atoms. The van der Waals surface area contributed by atoms with Crippen LogP contribution in [0.4, 0.5) is 0 Å². The van der Waals surface area contributed by atoms with Gasteiger partial charge in [0.05, 0.1) is 0 Å². The minimum absolute atomic E-state index is 0.477. The molecule has 15 heavy (non-hydrogen) atoms. The number of rotatable bonds is 3. The van der Waals surface area contributed by atoms with Crippen molar-refractivity contribution in [3.63, 3.8) is 0 Å². The number of nitrogens with zero attached hydrogens (tertiary/aromatic N) is 1. The Kier molecular flexibility index (Phi) is 4.22. The van der Waals surface area contributed by atoms with E-state index in [-0.39, 0.29) is 0 Å². The molecule has 0 radical (unpaired) electrons. The zero-order chi connectivity index (χ0) is 11.6. The molecule has 1 heteroatoms. The van der Waals surface area contributed by atoms with Crippen LogP contribution in [-0.4, -0.2) is 23.5 Å². The molecule has 1 fully saturated rings. The summed E-state index contributed by atoms with van der Waals surface area (Å²) in [6.45, 7) is 15.5. The van der Waals surface area contributed by atoms with Gasteiger partial charge in [0.2, 0.25) is 0 Å². The second-order valence-electron chi connectivity index (χ2n) is 6.78. The van der Waals surface area contributed by atoms with Gasteiger partial charge in [-0.25, -0.2) is 0 Å². The summed E-state index contributed by atoms with van der Waals surface area (Å²) in [7, 11) is 0. The van der Waals surface area contributed by atoms with Gasteiger partial charge in [-0.2, -0.15) is 0 Å². The third-order valence-corrected chi connectivity index (χ3v) is 3.60. The molecular formula is C14H29N. The highest BCUT2D eigenvalue weighted by Gasteiger charge is 2.32. The lowest BCUT2D eigenvalue weighted by atomic mass is 9.81. The van der Waals surface area contributed by atoms with Crippen LogP contribution >= 0.6 is 0 Å². The topological polar surface area (TPSA) is 3.24 Å². The molecule has 0 amide bonds. The van der Waals surface area contributed by atoms with Crippen LogP contribution in [0.5, 0.6) is 0 Å². The first kappa shape index (κ1) is 13.0. The van der Waals surface area contributed by atoms with Gasteiger partial charge in [0.15, 0.2) is 0 Å². The summed E-state index contributed by atoms with van der Waals surface area (Å²) in [4.78, 5) is 2.70. The highest BCUT2D eigenvalue weighted by molar-refractivity contribution is 4.86. The molecule has 1 rings (SSSR count). The summed E-state index contributed by atoms with van der Waals surface area (Å²) >= 11 is 0. The fourth-order valence-electron chi connectivity index (χ4n) is 3.17. The van der Waals surface area contributed by atoms with Crippen molar-refractivity contribution in [3.8, 4) is 0 Å². The molecule has 0 aliphatic carbocycles. The maximum absolute atomic E-state index is 2.70. The Balaban J connectivity index is 2.55. The fraction of sp³-hybridized carbons (Fsp3) is 1.00. The van der Waals surface area contributed by atoms with Crippen molar-refractivity contribution < 1.29 is 0 Å². The first-order valence-electron chi connectivity index (χ1n) is 6.57.